The Bertz CT molecular complexity index is 344. The van der Waals surface area contributed by atoms with Gasteiger partial charge in [-0.15, -0.1) is 0 Å². The zero-order valence-corrected chi connectivity index (χ0v) is 9.03. The second kappa shape index (κ2) is 4.29. The van der Waals surface area contributed by atoms with Crippen molar-refractivity contribution in [1.29, 1.82) is 0 Å². The molecule has 0 spiro atoms. The zero-order valence-electron chi connectivity index (χ0n) is 9.03. The molecule has 4 nitrogen and oxygen atoms in total. The van der Waals surface area contributed by atoms with Crippen LogP contribution in [0.1, 0.15) is 6.42 Å². The lowest BCUT2D eigenvalue weighted by Crippen LogP contribution is -2.56. The third-order valence-corrected chi connectivity index (χ3v) is 2.82. The van der Waals surface area contributed by atoms with E-state index in [1.54, 1.807) is 11.9 Å². The summed E-state index contributed by atoms with van der Waals surface area (Å²) in [5, 5.41) is 2.65. The van der Waals surface area contributed by atoms with Gasteiger partial charge < -0.3 is 10.2 Å². The lowest BCUT2D eigenvalue weighted by Gasteiger charge is -2.38. The Hall–Kier alpha value is -1.30. The summed E-state index contributed by atoms with van der Waals surface area (Å²) in [4.78, 5) is 9.48. The Morgan fingerprint density at radius 2 is 2.31 bits per heavy atom. The summed E-state index contributed by atoms with van der Waals surface area (Å²) < 4.78 is 27.3. The normalized spacial score (nSPS) is 24.4. The zero-order chi connectivity index (χ0) is 11.6. The fourth-order valence-corrected chi connectivity index (χ4v) is 1.95. The molecule has 0 saturated carbocycles. The molecule has 0 bridgehead atoms. The molecule has 1 saturated heterocycles. The monoisotopic (exact) mass is 228 g/mol. The van der Waals surface area contributed by atoms with Crippen LogP contribution < -0.4 is 10.2 Å². The van der Waals surface area contributed by atoms with Crippen LogP contribution >= 0.6 is 0 Å². The van der Waals surface area contributed by atoms with Crippen LogP contribution in [0, 0.1) is 0 Å². The predicted octanol–water partition coefficient (Wildman–Crippen LogP) is 0.910. The maximum Gasteiger partial charge on any atom is 0.280 e. The van der Waals surface area contributed by atoms with E-state index in [9.17, 15) is 8.78 Å². The van der Waals surface area contributed by atoms with Crippen molar-refractivity contribution in [3.05, 3.63) is 18.6 Å². The van der Waals surface area contributed by atoms with Gasteiger partial charge in [0.25, 0.3) is 5.92 Å². The van der Waals surface area contributed by atoms with Crippen LogP contribution in [0.2, 0.25) is 0 Å². The molecule has 0 aliphatic carbocycles. The minimum atomic E-state index is -2.73. The average molecular weight is 228 g/mol. The number of piperidine rings is 1. The first-order chi connectivity index (χ1) is 7.63. The number of alkyl halides is 2. The van der Waals surface area contributed by atoms with Gasteiger partial charge in [-0.2, -0.15) is 0 Å². The Kier molecular flexibility index (Phi) is 3.00. The van der Waals surface area contributed by atoms with Gasteiger partial charge in [0.15, 0.2) is 0 Å². The Morgan fingerprint density at radius 3 is 2.88 bits per heavy atom. The summed E-state index contributed by atoms with van der Waals surface area (Å²) in [6.07, 6.45) is 4.95. The largest absolute Gasteiger partial charge is 0.349 e. The molecule has 0 aromatic carbocycles. The van der Waals surface area contributed by atoms with Crippen molar-refractivity contribution in [2.24, 2.45) is 0 Å². The van der Waals surface area contributed by atoms with Crippen LogP contribution in [-0.4, -0.2) is 42.1 Å². The molecular formula is C10H14F2N4. The van der Waals surface area contributed by atoms with E-state index in [-0.39, 0.29) is 6.54 Å². The maximum absolute atomic E-state index is 13.7. The van der Waals surface area contributed by atoms with Crippen molar-refractivity contribution >= 4 is 5.82 Å². The van der Waals surface area contributed by atoms with Gasteiger partial charge in [-0.05, 0) is 13.5 Å². The van der Waals surface area contributed by atoms with E-state index in [0.717, 1.165) is 0 Å². The smallest absolute Gasteiger partial charge is 0.280 e. The van der Waals surface area contributed by atoms with Gasteiger partial charge >= 0.3 is 0 Å². The van der Waals surface area contributed by atoms with Crippen LogP contribution in [0.25, 0.3) is 0 Å². The van der Waals surface area contributed by atoms with Gasteiger partial charge in [-0.1, -0.05) is 0 Å². The van der Waals surface area contributed by atoms with Crippen molar-refractivity contribution in [3.8, 4) is 0 Å². The van der Waals surface area contributed by atoms with E-state index in [4.69, 9.17) is 0 Å². The fraction of sp³-hybridized carbons (Fsp3) is 0.600. The topological polar surface area (TPSA) is 41.0 Å². The first-order valence-electron chi connectivity index (χ1n) is 5.19. The molecule has 1 aromatic rings. The van der Waals surface area contributed by atoms with Crippen LogP contribution in [0.5, 0.6) is 0 Å². The summed E-state index contributed by atoms with van der Waals surface area (Å²) in [5.74, 6) is -2.22. The Morgan fingerprint density at radius 1 is 1.50 bits per heavy atom. The molecule has 2 rings (SSSR count). The Balaban J connectivity index is 2.11. The number of hydrogen-bond donors (Lipinski definition) is 1. The molecule has 88 valence electrons. The van der Waals surface area contributed by atoms with E-state index in [0.29, 0.717) is 18.8 Å². The molecule has 1 fully saturated rings. The highest BCUT2D eigenvalue weighted by atomic mass is 19.3. The van der Waals surface area contributed by atoms with Crippen molar-refractivity contribution in [3.63, 3.8) is 0 Å². The highest BCUT2D eigenvalue weighted by Crippen LogP contribution is 2.29. The van der Waals surface area contributed by atoms with Gasteiger partial charge in [0.2, 0.25) is 0 Å². The van der Waals surface area contributed by atoms with Gasteiger partial charge in [0, 0.05) is 18.9 Å². The van der Waals surface area contributed by atoms with Crippen molar-refractivity contribution in [1.82, 2.24) is 15.3 Å². The summed E-state index contributed by atoms with van der Waals surface area (Å²) in [7, 11) is 1.57. The minimum absolute atomic E-state index is 0.308. The Labute approximate surface area is 92.7 Å². The highest BCUT2D eigenvalue weighted by Gasteiger charge is 2.44. The van der Waals surface area contributed by atoms with Crippen molar-refractivity contribution in [2.75, 3.05) is 25.0 Å². The van der Waals surface area contributed by atoms with Crippen molar-refractivity contribution < 1.29 is 8.78 Å². The first-order valence-corrected chi connectivity index (χ1v) is 5.19. The van der Waals surface area contributed by atoms with Crippen LogP contribution in [0.15, 0.2) is 18.6 Å². The van der Waals surface area contributed by atoms with Crippen molar-refractivity contribution in [2.45, 2.75) is 18.4 Å². The number of hydrogen-bond acceptors (Lipinski definition) is 4. The highest BCUT2D eigenvalue weighted by molar-refractivity contribution is 5.36. The predicted molar refractivity (Wildman–Crippen MR) is 56.7 cm³/mol. The van der Waals surface area contributed by atoms with E-state index in [1.807, 2.05) is 0 Å². The van der Waals surface area contributed by atoms with E-state index in [1.165, 1.54) is 18.6 Å². The lowest BCUT2D eigenvalue weighted by atomic mass is 10.0. The fourth-order valence-electron chi connectivity index (χ4n) is 1.95. The third-order valence-electron chi connectivity index (χ3n) is 2.82. The summed E-state index contributed by atoms with van der Waals surface area (Å²) >= 11 is 0. The number of rotatable bonds is 2. The number of nitrogens with one attached hydrogen (secondary N) is 1. The molecule has 0 amide bonds. The average Bonchev–Trinajstić information content (AvgIpc) is 2.29. The van der Waals surface area contributed by atoms with Gasteiger partial charge in [0.05, 0.1) is 18.8 Å². The third kappa shape index (κ3) is 2.11. The molecule has 1 aliphatic heterocycles. The standard InChI is InChI=1S/C10H14F2N4/c1-13-8-2-5-16(7-10(8,11)12)9-6-14-3-4-15-9/h3-4,6,8,13H,2,5,7H2,1H3. The molecular weight excluding hydrogens is 214 g/mol. The molecule has 1 N–H and O–H groups in total. The number of anilines is 1. The quantitative estimate of drug-likeness (QED) is 0.817. The first kappa shape index (κ1) is 11.2. The van der Waals surface area contributed by atoms with Crippen LogP contribution in [0.3, 0.4) is 0 Å². The summed E-state index contributed by atoms with van der Waals surface area (Å²) in [6.45, 7) is 0.261. The second-order valence-corrected chi connectivity index (χ2v) is 3.88. The molecule has 16 heavy (non-hydrogen) atoms. The number of nitrogens with zero attached hydrogens (tertiary/aromatic N) is 3. The number of aromatic nitrogens is 2. The molecule has 1 aliphatic rings. The van der Waals surface area contributed by atoms with E-state index < -0.39 is 12.0 Å². The summed E-state index contributed by atoms with van der Waals surface area (Å²) in [5.41, 5.74) is 0. The van der Waals surface area contributed by atoms with E-state index in [2.05, 4.69) is 15.3 Å². The molecule has 1 atom stereocenters. The molecule has 6 heteroatoms. The SMILES string of the molecule is CNC1CCN(c2cnccn2)CC1(F)F. The molecule has 0 radical (unpaired) electrons. The van der Waals surface area contributed by atoms with E-state index >= 15 is 0 Å². The summed E-state index contributed by atoms with van der Waals surface area (Å²) in [6, 6.07) is -0.750. The van der Waals surface area contributed by atoms with Crippen LogP contribution in [-0.2, 0) is 0 Å². The molecule has 1 unspecified atom stereocenters. The number of halogens is 2. The molecule has 2 heterocycles. The van der Waals surface area contributed by atoms with Gasteiger partial charge in [-0.25, -0.2) is 13.8 Å². The minimum Gasteiger partial charge on any atom is -0.349 e. The van der Waals surface area contributed by atoms with Crippen LogP contribution in [0.4, 0.5) is 14.6 Å². The van der Waals surface area contributed by atoms with Gasteiger partial charge in [0.1, 0.15) is 5.82 Å². The second-order valence-electron chi connectivity index (χ2n) is 3.88. The molecule has 1 aromatic heterocycles. The van der Waals surface area contributed by atoms with Gasteiger partial charge in [-0.3, -0.25) is 4.98 Å². The maximum atomic E-state index is 13.7. The lowest BCUT2D eigenvalue weighted by molar-refractivity contribution is -0.0404.